The number of benzene rings is 1. The second-order valence-corrected chi connectivity index (χ2v) is 6.37. The van der Waals surface area contributed by atoms with Crippen LogP contribution < -0.4 is 10.1 Å². The molecule has 1 aromatic heterocycles. The van der Waals surface area contributed by atoms with Gasteiger partial charge in [0.1, 0.15) is 12.2 Å². The molecule has 0 fully saturated rings. The van der Waals surface area contributed by atoms with Crippen molar-refractivity contribution in [3.8, 4) is 5.88 Å². The van der Waals surface area contributed by atoms with Gasteiger partial charge in [0, 0.05) is 5.02 Å². The molecule has 120 valence electrons. The Labute approximate surface area is 137 Å². The van der Waals surface area contributed by atoms with Gasteiger partial charge in [-0.3, -0.25) is 0 Å². The Morgan fingerprint density at radius 2 is 2.09 bits per heavy atom. The Morgan fingerprint density at radius 1 is 1.36 bits per heavy atom. The molecule has 2 rings (SSSR count). The van der Waals surface area contributed by atoms with Gasteiger partial charge in [0.25, 0.3) is 5.88 Å². The molecule has 1 N–H and O–H groups in total. The molecule has 1 heterocycles. The zero-order valence-electron chi connectivity index (χ0n) is 12.4. The summed E-state index contributed by atoms with van der Waals surface area (Å²) in [6.45, 7) is 5.83. The number of nitrogens with one attached hydrogen (secondary N) is 1. The van der Waals surface area contributed by atoms with Gasteiger partial charge in [-0.25, -0.2) is 4.79 Å². The van der Waals surface area contributed by atoms with Gasteiger partial charge < -0.3 is 19.3 Å². The lowest BCUT2D eigenvalue weighted by Gasteiger charge is -2.19. The van der Waals surface area contributed by atoms with Crippen molar-refractivity contribution in [1.29, 1.82) is 0 Å². The van der Waals surface area contributed by atoms with Crippen LogP contribution in [-0.4, -0.2) is 30.0 Å². The van der Waals surface area contributed by atoms with Crippen LogP contribution in [-0.2, 0) is 4.74 Å². The van der Waals surface area contributed by atoms with E-state index in [9.17, 15) is 4.79 Å². The van der Waals surface area contributed by atoms with Gasteiger partial charge in [-0.1, -0.05) is 23.2 Å². The highest BCUT2D eigenvalue weighted by molar-refractivity contribution is 6.38. The minimum atomic E-state index is -0.541. The molecule has 0 saturated carbocycles. The molecule has 0 saturated heterocycles. The van der Waals surface area contributed by atoms with Crippen LogP contribution in [0.1, 0.15) is 20.8 Å². The first-order chi connectivity index (χ1) is 10.3. The molecule has 6 nitrogen and oxygen atoms in total. The van der Waals surface area contributed by atoms with Crippen molar-refractivity contribution < 1.29 is 18.8 Å². The van der Waals surface area contributed by atoms with Crippen LogP contribution in [0.2, 0.25) is 10.0 Å². The quantitative estimate of drug-likeness (QED) is 0.845. The van der Waals surface area contributed by atoms with Crippen LogP contribution in [0.4, 0.5) is 4.79 Å². The van der Waals surface area contributed by atoms with Gasteiger partial charge >= 0.3 is 6.09 Å². The molecule has 0 aliphatic rings. The van der Waals surface area contributed by atoms with Crippen LogP contribution >= 0.6 is 23.2 Å². The molecular formula is C14H16Cl2N2O4. The molecular weight excluding hydrogens is 331 g/mol. The van der Waals surface area contributed by atoms with E-state index in [0.717, 1.165) is 0 Å². The van der Waals surface area contributed by atoms with E-state index in [4.69, 9.17) is 37.2 Å². The number of rotatable bonds is 4. The summed E-state index contributed by atoms with van der Waals surface area (Å²) in [5.41, 5.74) is -0.137. The van der Waals surface area contributed by atoms with Crippen LogP contribution in [0.25, 0.3) is 11.0 Å². The second-order valence-electron chi connectivity index (χ2n) is 5.53. The average molecular weight is 347 g/mol. The summed E-state index contributed by atoms with van der Waals surface area (Å²) < 4.78 is 15.7. The summed E-state index contributed by atoms with van der Waals surface area (Å²) in [6.07, 6.45) is -0.507. The lowest BCUT2D eigenvalue weighted by Crippen LogP contribution is -2.34. The maximum atomic E-state index is 11.5. The minimum Gasteiger partial charge on any atom is -0.473 e. The van der Waals surface area contributed by atoms with E-state index in [1.54, 1.807) is 32.9 Å². The molecule has 2 aromatic rings. The topological polar surface area (TPSA) is 73.6 Å². The molecule has 1 amide bonds. The summed E-state index contributed by atoms with van der Waals surface area (Å²) >= 11 is 11.9. The first-order valence-electron chi connectivity index (χ1n) is 6.60. The molecule has 0 aliphatic heterocycles. The Hall–Kier alpha value is -1.66. The summed E-state index contributed by atoms with van der Waals surface area (Å²) in [4.78, 5) is 11.5. The number of carbonyl (C=O) groups excluding carboxylic acids is 1. The van der Waals surface area contributed by atoms with Crippen LogP contribution in [0, 0.1) is 0 Å². The molecule has 0 atom stereocenters. The number of amides is 1. The van der Waals surface area contributed by atoms with Crippen molar-refractivity contribution in [3.63, 3.8) is 0 Å². The molecule has 1 aromatic carbocycles. The van der Waals surface area contributed by atoms with Crippen molar-refractivity contribution in [2.45, 2.75) is 26.4 Å². The first-order valence-corrected chi connectivity index (χ1v) is 7.36. The summed E-state index contributed by atoms with van der Waals surface area (Å²) in [5.74, 6) is 0.269. The van der Waals surface area contributed by atoms with Crippen LogP contribution in [0.5, 0.6) is 5.88 Å². The molecule has 0 unspecified atom stereocenters. The second kappa shape index (κ2) is 6.62. The number of carbonyl (C=O) groups is 1. The van der Waals surface area contributed by atoms with Gasteiger partial charge in [0.05, 0.1) is 17.0 Å². The largest absolute Gasteiger partial charge is 0.473 e. The number of alkyl carbamates (subject to hydrolysis) is 1. The van der Waals surface area contributed by atoms with Crippen LogP contribution in [0.3, 0.4) is 0 Å². The summed E-state index contributed by atoms with van der Waals surface area (Å²) in [5, 5.41) is 7.76. The van der Waals surface area contributed by atoms with E-state index in [1.807, 2.05) is 0 Å². The normalized spacial score (nSPS) is 11.5. The standard InChI is InChI=1S/C14H16Cl2N2O4/c1-14(2,3)21-13(19)17-4-5-20-12-9-6-8(15)7-10(16)11(9)22-18-12/h6-7H,4-5H2,1-3H3,(H,17,19). The number of fused-ring (bicyclic) bond motifs is 1. The van der Waals surface area contributed by atoms with Gasteiger partial charge in [-0.05, 0) is 38.1 Å². The van der Waals surface area contributed by atoms with E-state index in [-0.39, 0.29) is 19.0 Å². The van der Waals surface area contributed by atoms with Crippen molar-refractivity contribution in [3.05, 3.63) is 22.2 Å². The first kappa shape index (κ1) is 16.7. The van der Waals surface area contributed by atoms with Gasteiger partial charge in [0.2, 0.25) is 0 Å². The number of nitrogens with zero attached hydrogens (tertiary/aromatic N) is 1. The third-order valence-corrected chi connectivity index (χ3v) is 2.97. The zero-order valence-corrected chi connectivity index (χ0v) is 13.9. The van der Waals surface area contributed by atoms with Crippen molar-refractivity contribution in [1.82, 2.24) is 10.5 Å². The average Bonchev–Trinajstić information content (AvgIpc) is 2.76. The third-order valence-electron chi connectivity index (χ3n) is 2.47. The molecule has 8 heteroatoms. The van der Waals surface area contributed by atoms with Gasteiger partial charge in [0.15, 0.2) is 5.58 Å². The van der Waals surface area contributed by atoms with Crippen molar-refractivity contribution >= 4 is 40.3 Å². The highest BCUT2D eigenvalue weighted by Gasteiger charge is 2.16. The predicted octanol–water partition coefficient (Wildman–Crippen LogP) is 4.04. The molecule has 0 radical (unpaired) electrons. The van der Waals surface area contributed by atoms with Crippen molar-refractivity contribution in [2.24, 2.45) is 0 Å². The lowest BCUT2D eigenvalue weighted by atomic mass is 10.2. The fourth-order valence-electron chi connectivity index (χ4n) is 1.67. The monoisotopic (exact) mass is 346 g/mol. The molecule has 0 spiro atoms. The maximum Gasteiger partial charge on any atom is 0.407 e. The smallest absolute Gasteiger partial charge is 0.407 e. The Morgan fingerprint density at radius 3 is 2.77 bits per heavy atom. The number of aromatic nitrogens is 1. The number of ether oxygens (including phenoxy) is 2. The summed E-state index contributed by atoms with van der Waals surface area (Å²) in [6, 6.07) is 3.21. The third kappa shape index (κ3) is 4.42. The molecule has 0 aliphatic carbocycles. The number of halogens is 2. The maximum absolute atomic E-state index is 11.5. The highest BCUT2D eigenvalue weighted by Crippen LogP contribution is 2.33. The van der Waals surface area contributed by atoms with E-state index >= 15 is 0 Å². The Bertz CT molecular complexity index is 679. The minimum absolute atomic E-state index is 0.199. The van der Waals surface area contributed by atoms with E-state index < -0.39 is 11.7 Å². The zero-order chi connectivity index (χ0) is 16.3. The number of hydrogen-bond donors (Lipinski definition) is 1. The SMILES string of the molecule is CC(C)(C)OC(=O)NCCOc1noc2c(Cl)cc(Cl)cc12. The molecule has 0 bridgehead atoms. The van der Waals surface area contributed by atoms with E-state index in [0.29, 0.717) is 21.0 Å². The van der Waals surface area contributed by atoms with Gasteiger partial charge in [-0.15, -0.1) is 0 Å². The lowest BCUT2D eigenvalue weighted by molar-refractivity contribution is 0.0520. The Balaban J connectivity index is 1.89. The Kier molecular flexibility index (Phi) is 5.03. The van der Waals surface area contributed by atoms with E-state index in [1.165, 1.54) is 0 Å². The van der Waals surface area contributed by atoms with Crippen molar-refractivity contribution in [2.75, 3.05) is 13.2 Å². The fourth-order valence-corrected chi connectivity index (χ4v) is 2.20. The van der Waals surface area contributed by atoms with Gasteiger partial charge in [-0.2, -0.15) is 0 Å². The fraction of sp³-hybridized carbons (Fsp3) is 0.429. The summed E-state index contributed by atoms with van der Waals surface area (Å²) in [7, 11) is 0. The number of hydrogen-bond acceptors (Lipinski definition) is 5. The predicted molar refractivity (Wildman–Crippen MR) is 83.8 cm³/mol. The highest BCUT2D eigenvalue weighted by atomic mass is 35.5. The van der Waals surface area contributed by atoms with Crippen LogP contribution in [0.15, 0.2) is 16.7 Å². The molecule has 22 heavy (non-hydrogen) atoms. The van der Waals surface area contributed by atoms with E-state index in [2.05, 4.69) is 10.5 Å².